The predicted molar refractivity (Wildman–Crippen MR) is 61.7 cm³/mol. The molecule has 0 spiro atoms. The minimum Gasteiger partial charge on any atom is -0.355 e. The summed E-state index contributed by atoms with van der Waals surface area (Å²) in [6, 6.07) is 3.87. The van der Waals surface area contributed by atoms with E-state index in [9.17, 15) is 4.79 Å². The quantitative estimate of drug-likeness (QED) is 0.792. The molecule has 1 aliphatic heterocycles. The average molecular weight is 219 g/mol. The molecule has 2 rings (SSSR count). The van der Waals surface area contributed by atoms with Gasteiger partial charge < -0.3 is 10.6 Å². The minimum absolute atomic E-state index is 0.0457. The third kappa shape index (κ3) is 3.03. The zero-order valence-corrected chi connectivity index (χ0v) is 9.28. The maximum Gasteiger partial charge on any atom is 0.237 e. The number of hydrogen-bond donors (Lipinski definition) is 2. The highest BCUT2D eigenvalue weighted by molar-refractivity contribution is 5.81. The zero-order valence-electron chi connectivity index (χ0n) is 9.28. The van der Waals surface area contributed by atoms with Crippen molar-refractivity contribution in [3.05, 3.63) is 30.1 Å². The topological polar surface area (TPSA) is 54.0 Å². The van der Waals surface area contributed by atoms with E-state index < -0.39 is 0 Å². The van der Waals surface area contributed by atoms with Gasteiger partial charge in [0.25, 0.3) is 0 Å². The van der Waals surface area contributed by atoms with Crippen molar-refractivity contribution < 1.29 is 4.79 Å². The number of carbonyl (C=O) groups excluding carboxylic acids is 1. The summed E-state index contributed by atoms with van der Waals surface area (Å²) in [5, 5.41) is 6.20. The van der Waals surface area contributed by atoms with Gasteiger partial charge in [-0.1, -0.05) is 0 Å². The van der Waals surface area contributed by atoms with Crippen LogP contribution in [0.15, 0.2) is 24.5 Å². The van der Waals surface area contributed by atoms with Gasteiger partial charge in [0.15, 0.2) is 0 Å². The van der Waals surface area contributed by atoms with Crippen LogP contribution in [0.25, 0.3) is 0 Å². The molecule has 1 saturated heterocycles. The smallest absolute Gasteiger partial charge is 0.237 e. The van der Waals surface area contributed by atoms with Crippen molar-refractivity contribution in [2.75, 3.05) is 6.54 Å². The van der Waals surface area contributed by atoms with E-state index in [2.05, 4.69) is 15.6 Å². The molecule has 16 heavy (non-hydrogen) atoms. The summed E-state index contributed by atoms with van der Waals surface area (Å²) in [7, 11) is 0. The number of nitrogens with zero attached hydrogens (tertiary/aromatic N) is 1. The first kappa shape index (κ1) is 11.1. The van der Waals surface area contributed by atoms with Crippen LogP contribution in [0, 0.1) is 0 Å². The second-order valence-corrected chi connectivity index (χ2v) is 4.08. The first-order chi connectivity index (χ1) is 7.86. The molecule has 86 valence electrons. The van der Waals surface area contributed by atoms with E-state index in [4.69, 9.17) is 0 Å². The molecule has 1 aromatic rings. The van der Waals surface area contributed by atoms with Crippen LogP contribution in [0.4, 0.5) is 0 Å². The van der Waals surface area contributed by atoms with E-state index in [1.807, 2.05) is 12.1 Å². The van der Waals surface area contributed by atoms with Crippen molar-refractivity contribution in [2.45, 2.75) is 31.8 Å². The number of nitrogens with one attached hydrogen (secondary N) is 2. The highest BCUT2D eigenvalue weighted by Crippen LogP contribution is 2.06. The second-order valence-electron chi connectivity index (χ2n) is 4.08. The van der Waals surface area contributed by atoms with Crippen molar-refractivity contribution in [3.8, 4) is 0 Å². The lowest BCUT2D eigenvalue weighted by Gasteiger charge is -2.14. The van der Waals surface area contributed by atoms with Crippen LogP contribution in [0.3, 0.4) is 0 Å². The minimum atomic E-state index is -0.0457. The highest BCUT2D eigenvalue weighted by atomic mass is 16.2. The third-order valence-electron chi connectivity index (χ3n) is 2.84. The number of amides is 1. The molecule has 4 nitrogen and oxygen atoms in total. The number of aromatic nitrogens is 1. The Hall–Kier alpha value is -1.42. The van der Waals surface area contributed by atoms with E-state index in [0.717, 1.165) is 37.9 Å². The van der Waals surface area contributed by atoms with Crippen molar-refractivity contribution in [2.24, 2.45) is 0 Å². The Morgan fingerprint density at radius 1 is 1.38 bits per heavy atom. The molecule has 0 unspecified atom stereocenters. The Morgan fingerprint density at radius 2 is 2.19 bits per heavy atom. The van der Waals surface area contributed by atoms with Gasteiger partial charge in [-0.05, 0) is 37.0 Å². The second kappa shape index (κ2) is 5.61. The molecule has 1 amide bonds. The monoisotopic (exact) mass is 219 g/mol. The summed E-state index contributed by atoms with van der Waals surface area (Å²) in [5.41, 5.74) is 1.16. The Balaban J connectivity index is 1.86. The number of carbonyl (C=O) groups is 1. The predicted octanol–water partition coefficient (Wildman–Crippen LogP) is 0.840. The third-order valence-corrected chi connectivity index (χ3v) is 2.84. The molecule has 0 bridgehead atoms. The SMILES string of the molecule is O=C1NCCCC[C@@H]1NCc1ccncc1. The highest BCUT2D eigenvalue weighted by Gasteiger charge is 2.19. The Bertz CT molecular complexity index is 339. The van der Waals surface area contributed by atoms with Gasteiger partial charge in [0.1, 0.15) is 0 Å². The van der Waals surface area contributed by atoms with Gasteiger partial charge in [-0.2, -0.15) is 0 Å². The first-order valence-electron chi connectivity index (χ1n) is 5.76. The molecular weight excluding hydrogens is 202 g/mol. The molecule has 0 aliphatic carbocycles. The van der Waals surface area contributed by atoms with E-state index in [-0.39, 0.29) is 11.9 Å². The molecule has 1 aromatic heterocycles. The fourth-order valence-corrected chi connectivity index (χ4v) is 1.88. The van der Waals surface area contributed by atoms with Gasteiger partial charge in [0.05, 0.1) is 6.04 Å². The van der Waals surface area contributed by atoms with Gasteiger partial charge in [0.2, 0.25) is 5.91 Å². The summed E-state index contributed by atoms with van der Waals surface area (Å²) in [4.78, 5) is 15.6. The zero-order chi connectivity index (χ0) is 11.2. The summed E-state index contributed by atoms with van der Waals surface area (Å²) in [6.07, 6.45) is 6.65. The molecule has 1 fully saturated rings. The molecule has 1 atom stereocenters. The van der Waals surface area contributed by atoms with E-state index in [0.29, 0.717) is 0 Å². The first-order valence-corrected chi connectivity index (χ1v) is 5.76. The molecule has 0 radical (unpaired) electrons. The van der Waals surface area contributed by atoms with Crippen LogP contribution in [-0.4, -0.2) is 23.5 Å². The summed E-state index contributed by atoms with van der Waals surface area (Å²) in [6.45, 7) is 1.53. The Kier molecular flexibility index (Phi) is 3.88. The van der Waals surface area contributed by atoms with E-state index in [1.54, 1.807) is 12.4 Å². The maximum atomic E-state index is 11.6. The maximum absolute atomic E-state index is 11.6. The van der Waals surface area contributed by atoms with E-state index in [1.165, 1.54) is 0 Å². The number of hydrogen-bond acceptors (Lipinski definition) is 3. The van der Waals surface area contributed by atoms with Crippen LogP contribution in [0.5, 0.6) is 0 Å². The normalized spacial score (nSPS) is 21.2. The van der Waals surface area contributed by atoms with Crippen molar-refractivity contribution in [1.29, 1.82) is 0 Å². The molecule has 1 aliphatic rings. The summed E-state index contributed by atoms with van der Waals surface area (Å²) >= 11 is 0. The van der Waals surface area contributed by atoms with Crippen LogP contribution in [0.1, 0.15) is 24.8 Å². The number of rotatable bonds is 3. The molecule has 4 heteroatoms. The standard InChI is InChI=1S/C12H17N3O/c16-12-11(3-1-2-6-14-12)15-9-10-4-7-13-8-5-10/h4-5,7-8,11,15H,1-3,6,9H2,(H,14,16)/t11-/m0/s1. The van der Waals surface area contributed by atoms with Gasteiger partial charge in [-0.3, -0.25) is 9.78 Å². The lowest BCUT2D eigenvalue weighted by Crippen LogP contribution is -2.42. The van der Waals surface area contributed by atoms with Crippen LogP contribution < -0.4 is 10.6 Å². The average Bonchev–Trinajstić information content (AvgIpc) is 2.53. The molecule has 2 N–H and O–H groups in total. The van der Waals surface area contributed by atoms with Gasteiger partial charge in [0, 0.05) is 25.5 Å². The molecule has 0 aromatic carbocycles. The lowest BCUT2D eigenvalue weighted by atomic mass is 10.1. The Labute approximate surface area is 95.5 Å². The largest absolute Gasteiger partial charge is 0.355 e. The van der Waals surface area contributed by atoms with Gasteiger partial charge in [-0.25, -0.2) is 0 Å². The lowest BCUT2D eigenvalue weighted by molar-refractivity contribution is -0.122. The summed E-state index contributed by atoms with van der Waals surface area (Å²) in [5.74, 6) is 0.131. The van der Waals surface area contributed by atoms with Crippen LogP contribution >= 0.6 is 0 Å². The number of pyridine rings is 1. The molecular formula is C12H17N3O. The van der Waals surface area contributed by atoms with Gasteiger partial charge in [-0.15, -0.1) is 0 Å². The summed E-state index contributed by atoms with van der Waals surface area (Å²) < 4.78 is 0. The molecule has 0 saturated carbocycles. The van der Waals surface area contributed by atoms with Crippen molar-refractivity contribution in [3.63, 3.8) is 0 Å². The fraction of sp³-hybridized carbons (Fsp3) is 0.500. The van der Waals surface area contributed by atoms with Crippen LogP contribution in [0.2, 0.25) is 0 Å². The van der Waals surface area contributed by atoms with Crippen molar-refractivity contribution in [1.82, 2.24) is 15.6 Å². The van der Waals surface area contributed by atoms with E-state index >= 15 is 0 Å². The Morgan fingerprint density at radius 3 is 3.00 bits per heavy atom. The van der Waals surface area contributed by atoms with Crippen LogP contribution in [-0.2, 0) is 11.3 Å². The van der Waals surface area contributed by atoms with Gasteiger partial charge >= 0.3 is 0 Å². The fourth-order valence-electron chi connectivity index (χ4n) is 1.88. The van der Waals surface area contributed by atoms with Crippen molar-refractivity contribution >= 4 is 5.91 Å². The molecule has 2 heterocycles.